The Hall–Kier alpha value is -4.66. The maximum absolute atomic E-state index is 13.8. The Morgan fingerprint density at radius 1 is 1.07 bits per heavy atom. The molecule has 0 unspecified atom stereocenters. The van der Waals surface area contributed by atoms with Gasteiger partial charge in [0.2, 0.25) is 0 Å². The molecule has 0 fully saturated rings. The standard InChI is InChI=1S/C33H38N4O5/c1-9-41-33(39)22(5)42-29-17-24(36(6)7)15-14-23(29)19-34-37-31(35-28-13-11-10-12-25(28)32(37)38)27-18-26(20(2)3)30(40-8)16-21(27)4/h10-20,22H,9H2,1-8H3/t22-/m0/s1. The molecule has 0 amide bonds. The van der Waals surface area contributed by atoms with Crippen LogP contribution in [0.3, 0.4) is 0 Å². The molecule has 4 rings (SSSR count). The number of benzene rings is 3. The third-order valence-electron chi connectivity index (χ3n) is 6.94. The highest BCUT2D eigenvalue weighted by Gasteiger charge is 2.20. The number of anilines is 1. The van der Waals surface area contributed by atoms with E-state index in [2.05, 4.69) is 18.9 Å². The van der Waals surface area contributed by atoms with E-state index in [1.807, 2.05) is 68.4 Å². The molecule has 9 heteroatoms. The molecule has 0 radical (unpaired) electrons. The molecule has 0 bridgehead atoms. The number of rotatable bonds is 10. The van der Waals surface area contributed by atoms with Crippen LogP contribution in [0.25, 0.3) is 22.3 Å². The highest BCUT2D eigenvalue weighted by atomic mass is 16.6. The van der Waals surface area contributed by atoms with Crippen LogP contribution in [0, 0.1) is 6.92 Å². The predicted octanol–water partition coefficient (Wildman–Crippen LogP) is 5.78. The molecule has 0 aliphatic heterocycles. The number of hydrogen-bond donors (Lipinski definition) is 0. The molecule has 0 aliphatic carbocycles. The van der Waals surface area contributed by atoms with Crippen LogP contribution in [-0.2, 0) is 9.53 Å². The largest absolute Gasteiger partial charge is 0.496 e. The number of nitrogens with zero attached hydrogens (tertiary/aromatic N) is 4. The Balaban J connectivity index is 1.91. The van der Waals surface area contributed by atoms with E-state index in [9.17, 15) is 9.59 Å². The fourth-order valence-corrected chi connectivity index (χ4v) is 4.60. The lowest BCUT2D eigenvalue weighted by atomic mass is 9.96. The van der Waals surface area contributed by atoms with Gasteiger partial charge in [-0.1, -0.05) is 26.0 Å². The second-order valence-electron chi connectivity index (χ2n) is 10.5. The summed E-state index contributed by atoms with van der Waals surface area (Å²) in [5.74, 6) is 1.33. The van der Waals surface area contributed by atoms with Gasteiger partial charge in [-0.3, -0.25) is 4.79 Å². The third-order valence-corrected chi connectivity index (χ3v) is 6.94. The second-order valence-corrected chi connectivity index (χ2v) is 10.5. The summed E-state index contributed by atoms with van der Waals surface area (Å²) in [5, 5.41) is 5.11. The molecular formula is C33H38N4O5. The summed E-state index contributed by atoms with van der Waals surface area (Å²) in [5.41, 5.74) is 4.39. The first-order chi connectivity index (χ1) is 20.0. The summed E-state index contributed by atoms with van der Waals surface area (Å²) in [6.45, 7) is 9.77. The number of aromatic nitrogens is 2. The minimum atomic E-state index is -0.841. The zero-order chi connectivity index (χ0) is 30.6. The van der Waals surface area contributed by atoms with Crippen LogP contribution in [0.1, 0.15) is 50.3 Å². The second kappa shape index (κ2) is 12.9. The summed E-state index contributed by atoms with van der Waals surface area (Å²) in [7, 11) is 5.48. The molecule has 0 spiro atoms. The third kappa shape index (κ3) is 6.30. The molecule has 3 aromatic carbocycles. The van der Waals surface area contributed by atoms with Crippen LogP contribution in [0.5, 0.6) is 11.5 Å². The predicted molar refractivity (Wildman–Crippen MR) is 167 cm³/mol. The molecule has 220 valence electrons. The van der Waals surface area contributed by atoms with Gasteiger partial charge in [0.15, 0.2) is 11.9 Å². The summed E-state index contributed by atoms with van der Waals surface area (Å²) in [6.07, 6.45) is 0.711. The monoisotopic (exact) mass is 570 g/mol. The minimum Gasteiger partial charge on any atom is -0.496 e. The Morgan fingerprint density at radius 2 is 1.81 bits per heavy atom. The normalized spacial score (nSPS) is 12.1. The van der Waals surface area contributed by atoms with Crippen molar-refractivity contribution >= 4 is 28.8 Å². The summed E-state index contributed by atoms with van der Waals surface area (Å²) in [4.78, 5) is 33.0. The minimum absolute atomic E-state index is 0.180. The van der Waals surface area contributed by atoms with Gasteiger partial charge in [0.1, 0.15) is 11.5 Å². The van der Waals surface area contributed by atoms with E-state index in [0.29, 0.717) is 28.0 Å². The molecule has 4 aromatic rings. The van der Waals surface area contributed by atoms with E-state index >= 15 is 0 Å². The molecule has 0 saturated carbocycles. The average molecular weight is 571 g/mol. The number of para-hydroxylation sites is 1. The van der Waals surface area contributed by atoms with Gasteiger partial charge in [-0.2, -0.15) is 9.78 Å². The van der Waals surface area contributed by atoms with Crippen molar-refractivity contribution in [2.45, 2.75) is 46.6 Å². The molecule has 0 aliphatic rings. The first kappa shape index (κ1) is 30.3. The Bertz CT molecular complexity index is 1690. The van der Waals surface area contributed by atoms with Gasteiger partial charge < -0.3 is 19.1 Å². The number of aryl methyl sites for hydroxylation is 1. The molecule has 0 saturated heterocycles. The number of hydrogen-bond acceptors (Lipinski definition) is 8. The molecule has 1 aromatic heterocycles. The van der Waals surface area contributed by atoms with E-state index in [0.717, 1.165) is 28.1 Å². The van der Waals surface area contributed by atoms with Crippen molar-refractivity contribution in [3.05, 3.63) is 81.6 Å². The van der Waals surface area contributed by atoms with Crippen molar-refractivity contribution in [3.8, 4) is 22.9 Å². The van der Waals surface area contributed by atoms with Crippen LogP contribution < -0.4 is 19.9 Å². The number of carbonyl (C=O) groups excluding carboxylic acids is 1. The van der Waals surface area contributed by atoms with Crippen LogP contribution in [0.2, 0.25) is 0 Å². The average Bonchev–Trinajstić information content (AvgIpc) is 2.96. The van der Waals surface area contributed by atoms with Crippen LogP contribution in [0.4, 0.5) is 5.69 Å². The lowest BCUT2D eigenvalue weighted by molar-refractivity contribution is -0.150. The van der Waals surface area contributed by atoms with Gasteiger partial charge in [0.05, 0.1) is 30.8 Å². The van der Waals surface area contributed by atoms with E-state index in [1.54, 1.807) is 39.3 Å². The number of fused-ring (bicyclic) bond motifs is 1. The molecule has 9 nitrogen and oxygen atoms in total. The topological polar surface area (TPSA) is 95.2 Å². The summed E-state index contributed by atoms with van der Waals surface area (Å²) < 4.78 is 18.1. The number of carbonyl (C=O) groups is 1. The highest BCUT2D eigenvalue weighted by molar-refractivity contribution is 5.86. The maximum Gasteiger partial charge on any atom is 0.347 e. The summed E-state index contributed by atoms with van der Waals surface area (Å²) >= 11 is 0. The quantitative estimate of drug-likeness (QED) is 0.176. The maximum atomic E-state index is 13.8. The van der Waals surface area contributed by atoms with Gasteiger partial charge in [-0.05, 0) is 74.2 Å². The SMILES string of the molecule is CCOC(=O)[C@H](C)Oc1cc(N(C)C)ccc1C=Nn1c(-c2cc(C(C)C)c(OC)cc2C)nc2ccccc2c1=O. The lowest BCUT2D eigenvalue weighted by Crippen LogP contribution is -2.26. The van der Waals surface area contributed by atoms with Gasteiger partial charge in [-0.25, -0.2) is 9.78 Å². The summed E-state index contributed by atoms with van der Waals surface area (Å²) in [6, 6.07) is 16.8. The van der Waals surface area contributed by atoms with Gasteiger partial charge >= 0.3 is 5.97 Å². The van der Waals surface area contributed by atoms with E-state index in [1.165, 1.54) is 4.68 Å². The van der Waals surface area contributed by atoms with Gasteiger partial charge in [0.25, 0.3) is 5.56 Å². The number of ether oxygens (including phenoxy) is 3. The van der Waals surface area contributed by atoms with Crippen LogP contribution in [0.15, 0.2) is 64.5 Å². The molecule has 1 atom stereocenters. The van der Waals surface area contributed by atoms with E-state index < -0.39 is 12.1 Å². The van der Waals surface area contributed by atoms with Crippen molar-refractivity contribution in [3.63, 3.8) is 0 Å². The number of methoxy groups -OCH3 is 1. The van der Waals surface area contributed by atoms with Gasteiger partial charge in [0, 0.05) is 37.0 Å². The zero-order valence-corrected chi connectivity index (χ0v) is 25.5. The fraction of sp³-hybridized carbons (Fsp3) is 0.333. The zero-order valence-electron chi connectivity index (χ0n) is 25.5. The van der Waals surface area contributed by atoms with Crippen LogP contribution >= 0.6 is 0 Å². The Labute approximate surface area is 246 Å². The molecular weight excluding hydrogens is 532 g/mol. The number of esters is 1. The van der Waals surface area contributed by atoms with Crippen molar-refractivity contribution in [1.29, 1.82) is 0 Å². The van der Waals surface area contributed by atoms with Crippen molar-refractivity contribution in [2.24, 2.45) is 5.10 Å². The first-order valence-electron chi connectivity index (χ1n) is 13.9. The highest BCUT2D eigenvalue weighted by Crippen LogP contribution is 2.34. The van der Waals surface area contributed by atoms with E-state index in [4.69, 9.17) is 19.2 Å². The lowest BCUT2D eigenvalue weighted by Gasteiger charge is -2.19. The Kier molecular flexibility index (Phi) is 9.30. The first-order valence-corrected chi connectivity index (χ1v) is 13.9. The van der Waals surface area contributed by atoms with Crippen molar-refractivity contribution in [2.75, 3.05) is 32.7 Å². The fourth-order valence-electron chi connectivity index (χ4n) is 4.60. The smallest absolute Gasteiger partial charge is 0.347 e. The Morgan fingerprint density at radius 3 is 2.48 bits per heavy atom. The van der Waals surface area contributed by atoms with Crippen LogP contribution in [-0.4, -0.2) is 55.8 Å². The van der Waals surface area contributed by atoms with Crippen molar-refractivity contribution < 1.29 is 19.0 Å². The van der Waals surface area contributed by atoms with E-state index in [-0.39, 0.29) is 18.1 Å². The molecule has 42 heavy (non-hydrogen) atoms. The van der Waals surface area contributed by atoms with Crippen molar-refractivity contribution in [1.82, 2.24) is 9.66 Å². The van der Waals surface area contributed by atoms with Gasteiger partial charge in [-0.15, -0.1) is 0 Å². The molecule has 1 heterocycles. The molecule has 0 N–H and O–H groups in total.